The highest BCUT2D eigenvalue weighted by Gasteiger charge is 2.38. The van der Waals surface area contributed by atoms with Crippen LogP contribution < -0.4 is 21.5 Å². The van der Waals surface area contributed by atoms with Gasteiger partial charge < -0.3 is 15.3 Å². The number of rotatable bonds is 5. The van der Waals surface area contributed by atoms with E-state index >= 15 is 0 Å². The number of hydrogen-bond donors (Lipinski definition) is 3. The number of fused-ring (bicyclic) bond motifs is 1. The number of benzene rings is 2. The molecular formula is C25H22ClF3N6O5. The molecule has 0 aliphatic carbocycles. The molecule has 0 bridgehead atoms. The first-order valence-electron chi connectivity index (χ1n) is 11.8. The van der Waals surface area contributed by atoms with Crippen molar-refractivity contribution >= 4 is 40.5 Å². The van der Waals surface area contributed by atoms with Crippen LogP contribution in [0.4, 0.5) is 19.1 Å². The second kappa shape index (κ2) is 11.8. The zero-order valence-corrected chi connectivity index (χ0v) is 21.4. The number of carbonyl (C=O) groups excluding carboxylic acids is 1. The lowest BCUT2D eigenvalue weighted by Gasteiger charge is -2.28. The molecule has 1 aliphatic rings. The molecule has 1 saturated heterocycles. The summed E-state index contributed by atoms with van der Waals surface area (Å²) in [7, 11) is 0. The number of Topliss-reactive ketones (excluding diaryl/α,β-unsaturated/α-hetero) is 1. The van der Waals surface area contributed by atoms with E-state index in [-0.39, 0.29) is 23.5 Å². The topological polar surface area (TPSA) is 142 Å². The van der Waals surface area contributed by atoms with Crippen LogP contribution in [0.2, 0.25) is 5.02 Å². The Bertz CT molecular complexity index is 1660. The zero-order chi connectivity index (χ0) is 29.0. The van der Waals surface area contributed by atoms with Gasteiger partial charge in [-0.1, -0.05) is 54.1 Å². The van der Waals surface area contributed by atoms with Crippen LogP contribution in [-0.2, 0) is 11.3 Å². The Balaban J connectivity index is 0.000000470. The molecule has 40 heavy (non-hydrogen) atoms. The van der Waals surface area contributed by atoms with Gasteiger partial charge in [-0.2, -0.15) is 18.2 Å². The molecule has 210 valence electrons. The maximum absolute atomic E-state index is 13.0. The van der Waals surface area contributed by atoms with E-state index in [4.69, 9.17) is 26.5 Å². The fraction of sp³-hybridized carbons (Fsp3) is 0.240. The number of halogens is 4. The van der Waals surface area contributed by atoms with Crippen molar-refractivity contribution in [2.45, 2.75) is 12.7 Å². The first-order chi connectivity index (χ1) is 19.0. The summed E-state index contributed by atoms with van der Waals surface area (Å²) in [6.45, 7) is 2.58. The molecule has 0 saturated carbocycles. The number of nitrogens with one attached hydrogen (secondary N) is 2. The van der Waals surface area contributed by atoms with Gasteiger partial charge in [-0.25, -0.2) is 9.59 Å². The molecule has 11 nitrogen and oxygen atoms in total. The predicted molar refractivity (Wildman–Crippen MR) is 141 cm³/mol. The second-order valence-electron chi connectivity index (χ2n) is 8.55. The van der Waals surface area contributed by atoms with Gasteiger partial charge >= 0.3 is 17.8 Å². The van der Waals surface area contributed by atoms with E-state index in [2.05, 4.69) is 10.3 Å². The number of para-hydroxylation sites is 1. The number of anilines is 1. The summed E-state index contributed by atoms with van der Waals surface area (Å²) in [4.78, 5) is 56.7. The SMILES string of the molecule is O=C(Cn1c(=O)[nH]c(=O)c2c1nc(N1CCNCC1)n2-c1ccccc1Cl)c1ccccc1.O=C(O)C(F)(F)F. The van der Waals surface area contributed by atoms with E-state index in [0.29, 0.717) is 35.3 Å². The van der Waals surface area contributed by atoms with Gasteiger partial charge in [-0.3, -0.25) is 23.7 Å². The molecule has 0 radical (unpaired) electrons. The van der Waals surface area contributed by atoms with Crippen LogP contribution in [0.3, 0.4) is 0 Å². The van der Waals surface area contributed by atoms with Crippen molar-refractivity contribution in [1.29, 1.82) is 0 Å². The molecule has 2 aromatic carbocycles. The molecule has 5 rings (SSSR count). The number of carboxylic acid groups (broad SMARTS) is 1. The number of H-pyrrole nitrogens is 1. The Morgan fingerprint density at radius 3 is 2.20 bits per heavy atom. The number of alkyl halides is 3. The molecule has 1 aliphatic heterocycles. The molecule has 3 heterocycles. The largest absolute Gasteiger partial charge is 0.490 e. The van der Waals surface area contributed by atoms with Crippen molar-refractivity contribution in [1.82, 2.24) is 24.4 Å². The minimum absolute atomic E-state index is 0.140. The van der Waals surface area contributed by atoms with Gasteiger partial charge in [-0.05, 0) is 12.1 Å². The highest BCUT2D eigenvalue weighted by atomic mass is 35.5. The van der Waals surface area contributed by atoms with Crippen LogP contribution in [0, 0.1) is 0 Å². The maximum Gasteiger partial charge on any atom is 0.490 e. The summed E-state index contributed by atoms with van der Waals surface area (Å²) in [6, 6.07) is 15.8. The molecule has 1 fully saturated rings. The van der Waals surface area contributed by atoms with Gasteiger partial charge in [0.05, 0.1) is 17.3 Å². The number of imidazole rings is 1. The normalized spacial score (nSPS) is 13.6. The molecule has 0 unspecified atom stereocenters. The van der Waals surface area contributed by atoms with Crippen LogP contribution in [0.15, 0.2) is 64.2 Å². The van der Waals surface area contributed by atoms with Crippen molar-refractivity contribution in [2.75, 3.05) is 31.1 Å². The van der Waals surface area contributed by atoms with Crippen LogP contribution >= 0.6 is 11.6 Å². The average molecular weight is 579 g/mol. The quantitative estimate of drug-likeness (QED) is 0.307. The lowest BCUT2D eigenvalue weighted by Crippen LogP contribution is -2.44. The molecule has 4 aromatic rings. The number of carbonyl (C=O) groups is 2. The van der Waals surface area contributed by atoms with E-state index in [0.717, 1.165) is 13.1 Å². The van der Waals surface area contributed by atoms with E-state index < -0.39 is 23.4 Å². The first kappa shape index (κ1) is 28.6. The zero-order valence-electron chi connectivity index (χ0n) is 20.6. The smallest absolute Gasteiger partial charge is 0.475 e. The van der Waals surface area contributed by atoms with Gasteiger partial charge in [0, 0.05) is 31.7 Å². The second-order valence-corrected chi connectivity index (χ2v) is 8.95. The molecule has 2 aromatic heterocycles. The Morgan fingerprint density at radius 1 is 1.00 bits per heavy atom. The number of aromatic nitrogens is 4. The molecule has 0 spiro atoms. The molecule has 15 heteroatoms. The predicted octanol–water partition coefficient (Wildman–Crippen LogP) is 2.45. The fourth-order valence-electron chi connectivity index (χ4n) is 4.05. The van der Waals surface area contributed by atoms with Crippen molar-refractivity contribution in [3.63, 3.8) is 0 Å². The fourth-order valence-corrected chi connectivity index (χ4v) is 4.27. The lowest BCUT2D eigenvalue weighted by molar-refractivity contribution is -0.192. The molecule has 0 amide bonds. The number of aromatic amines is 1. The third kappa shape index (κ3) is 6.07. The molecule has 0 atom stereocenters. The van der Waals surface area contributed by atoms with Crippen molar-refractivity contribution in [3.05, 3.63) is 86.0 Å². The van der Waals surface area contributed by atoms with Crippen LogP contribution in [-0.4, -0.2) is 68.3 Å². The summed E-state index contributed by atoms with van der Waals surface area (Å²) in [5.41, 5.74) is 0.0649. The van der Waals surface area contributed by atoms with Gasteiger partial charge in [0.1, 0.15) is 0 Å². The van der Waals surface area contributed by atoms with Gasteiger partial charge in [0.15, 0.2) is 16.9 Å². The van der Waals surface area contributed by atoms with Gasteiger partial charge in [0.2, 0.25) is 5.95 Å². The van der Waals surface area contributed by atoms with Gasteiger partial charge in [-0.15, -0.1) is 0 Å². The average Bonchev–Trinajstić information content (AvgIpc) is 3.33. The summed E-state index contributed by atoms with van der Waals surface area (Å²) in [5, 5.41) is 10.9. The van der Waals surface area contributed by atoms with E-state index in [9.17, 15) is 27.6 Å². The standard InChI is InChI=1S/C23H21ClN6O3.C2HF3O2/c24-16-8-4-5-9-17(16)30-19-20(26-22(30)28-12-10-25-11-13-28)29(23(33)27-21(19)32)14-18(31)15-6-2-1-3-7-15;3-2(4,5)1(6)7/h1-9,25H,10-14H2,(H,27,32,33);(H,6,7). The maximum atomic E-state index is 13.0. The third-order valence-electron chi connectivity index (χ3n) is 5.91. The van der Waals surface area contributed by atoms with Crippen molar-refractivity contribution < 1.29 is 27.9 Å². The third-order valence-corrected chi connectivity index (χ3v) is 6.23. The number of hydrogen-bond acceptors (Lipinski definition) is 7. The summed E-state index contributed by atoms with van der Waals surface area (Å²) >= 11 is 6.50. The van der Waals surface area contributed by atoms with E-state index in [1.54, 1.807) is 47.0 Å². The number of nitrogens with zero attached hydrogens (tertiary/aromatic N) is 4. The number of piperazine rings is 1. The highest BCUT2D eigenvalue weighted by Crippen LogP contribution is 2.29. The Morgan fingerprint density at radius 2 is 1.60 bits per heavy atom. The van der Waals surface area contributed by atoms with Crippen molar-refractivity contribution in [2.24, 2.45) is 0 Å². The lowest BCUT2D eigenvalue weighted by atomic mass is 10.1. The summed E-state index contributed by atoms with van der Waals surface area (Å²) < 4.78 is 34.6. The Hall–Kier alpha value is -4.43. The number of aliphatic carboxylic acids is 1. The van der Waals surface area contributed by atoms with Crippen LogP contribution in [0.5, 0.6) is 0 Å². The minimum atomic E-state index is -5.08. The molecular weight excluding hydrogens is 557 g/mol. The van der Waals surface area contributed by atoms with Crippen LogP contribution in [0.1, 0.15) is 10.4 Å². The number of ketones is 1. The first-order valence-corrected chi connectivity index (χ1v) is 12.2. The number of carboxylic acids is 1. The van der Waals surface area contributed by atoms with E-state index in [1.807, 2.05) is 17.0 Å². The minimum Gasteiger partial charge on any atom is -0.475 e. The molecule has 3 N–H and O–H groups in total. The highest BCUT2D eigenvalue weighted by molar-refractivity contribution is 6.32. The monoisotopic (exact) mass is 578 g/mol. The summed E-state index contributed by atoms with van der Waals surface area (Å²) in [5.74, 6) is -2.52. The van der Waals surface area contributed by atoms with Crippen LogP contribution in [0.25, 0.3) is 16.9 Å². The van der Waals surface area contributed by atoms with Crippen molar-refractivity contribution in [3.8, 4) is 5.69 Å². The van der Waals surface area contributed by atoms with E-state index in [1.165, 1.54) is 4.57 Å². The summed E-state index contributed by atoms with van der Waals surface area (Å²) in [6.07, 6.45) is -5.08. The Kier molecular flexibility index (Phi) is 8.40. The van der Waals surface area contributed by atoms with Gasteiger partial charge in [0.25, 0.3) is 5.56 Å². The Labute approximate surface area is 228 Å².